The molecule has 21 N–H and O–H groups in total. The summed E-state index contributed by atoms with van der Waals surface area (Å²) >= 11 is 1.45. The molecule has 31 nitrogen and oxygen atoms in total. The van der Waals surface area contributed by atoms with E-state index in [-0.39, 0.29) is 76.6 Å². The number of carboxylic acids is 1. The van der Waals surface area contributed by atoms with Gasteiger partial charge in [-0.3, -0.25) is 67.3 Å². The molecule has 2 aliphatic rings. The highest BCUT2D eigenvalue weighted by Gasteiger charge is 2.43. The van der Waals surface area contributed by atoms with Crippen molar-refractivity contribution in [1.29, 1.82) is 0 Å². The quantitative estimate of drug-likeness (QED) is 0.0185. The number of aliphatic imine (C=N–C) groups is 1. The fourth-order valence-electron chi connectivity index (χ4n) is 11.3. The molecule has 530 valence electrons. The van der Waals surface area contributed by atoms with E-state index in [1.165, 1.54) is 21.6 Å². The number of rotatable bonds is 42. The van der Waals surface area contributed by atoms with Gasteiger partial charge >= 0.3 is 5.97 Å². The highest BCUT2D eigenvalue weighted by atomic mass is 32.2. The van der Waals surface area contributed by atoms with Crippen molar-refractivity contribution in [3.05, 3.63) is 71.8 Å². The predicted octanol–water partition coefficient (Wildman–Crippen LogP) is -2.55. The van der Waals surface area contributed by atoms with Gasteiger partial charge in [-0.2, -0.15) is 11.8 Å². The summed E-state index contributed by atoms with van der Waals surface area (Å²) < 4.78 is 0. The number of guanidine groups is 1. The Morgan fingerprint density at radius 2 is 1.14 bits per heavy atom. The zero-order valence-electron chi connectivity index (χ0n) is 55.2. The number of benzene rings is 2. The lowest BCUT2D eigenvalue weighted by atomic mass is 9.92. The Morgan fingerprint density at radius 3 is 1.70 bits per heavy atom. The molecule has 0 aromatic heterocycles. The van der Waals surface area contributed by atoms with Gasteiger partial charge in [0.25, 0.3) is 0 Å². The summed E-state index contributed by atoms with van der Waals surface area (Å²) in [5.41, 5.74) is 35.1. The van der Waals surface area contributed by atoms with Crippen molar-refractivity contribution in [3.8, 4) is 0 Å². The minimum Gasteiger partial charge on any atom is -0.481 e. The number of primary amides is 2. The van der Waals surface area contributed by atoms with E-state index in [2.05, 4.69) is 47.5 Å². The summed E-state index contributed by atoms with van der Waals surface area (Å²) in [4.78, 5) is 185. The SMILES string of the molecule is CSCC[C@H](NC(=O)[C@H](CC(C)C)NC(=O)CNC(=O)[C@@H](NC(=O)[C@H](Cc1ccccc1)NC(=O)[C@H](CCC(N)=O)NC(=O)[C@H](CCC(=O)O)NC(=O)[C@@H]1CCCN1C(=O)[C@H](CCCCN)NC(=O)[C@@H]1CCCN1C(=O)[C@@H](N)CCCN=C(N)N)[C@H](C)c1ccccc1)C(N)=O. The molecule has 11 atom stereocenters. The molecule has 0 aliphatic carbocycles. The minimum absolute atomic E-state index is 0.0525. The van der Waals surface area contributed by atoms with E-state index >= 15 is 0 Å². The molecule has 2 heterocycles. The van der Waals surface area contributed by atoms with Crippen LogP contribution in [0.5, 0.6) is 0 Å². The van der Waals surface area contributed by atoms with Crippen LogP contribution in [0.2, 0.25) is 0 Å². The normalized spacial score (nSPS) is 17.1. The molecular weight excluding hydrogens is 1260 g/mol. The van der Waals surface area contributed by atoms with Crippen LogP contribution in [0.15, 0.2) is 65.7 Å². The van der Waals surface area contributed by atoms with Crippen molar-refractivity contribution in [3.63, 3.8) is 0 Å². The van der Waals surface area contributed by atoms with Crippen LogP contribution in [0.4, 0.5) is 0 Å². The molecular formula is C64H99N17O14S. The van der Waals surface area contributed by atoms with Gasteiger partial charge in [-0.1, -0.05) is 81.4 Å². The summed E-state index contributed by atoms with van der Waals surface area (Å²) in [5, 5.41) is 30.9. The summed E-state index contributed by atoms with van der Waals surface area (Å²) in [7, 11) is 0. The van der Waals surface area contributed by atoms with E-state index in [0.717, 1.165) is 0 Å². The Morgan fingerprint density at radius 1 is 0.594 bits per heavy atom. The van der Waals surface area contributed by atoms with E-state index in [9.17, 15) is 67.4 Å². The predicted molar refractivity (Wildman–Crippen MR) is 359 cm³/mol. The number of carboxylic acid groups (broad SMARTS) is 1. The average Bonchev–Trinajstić information content (AvgIpc) is 2.01. The van der Waals surface area contributed by atoms with E-state index in [1.807, 2.05) is 20.1 Å². The van der Waals surface area contributed by atoms with Crippen LogP contribution in [-0.4, -0.2) is 203 Å². The monoisotopic (exact) mass is 1360 g/mol. The molecule has 0 bridgehead atoms. The lowest BCUT2D eigenvalue weighted by Crippen LogP contribution is -2.60. The van der Waals surface area contributed by atoms with Gasteiger partial charge in [0.15, 0.2) is 5.96 Å². The molecule has 2 aromatic carbocycles. The van der Waals surface area contributed by atoms with Crippen LogP contribution in [0.1, 0.15) is 134 Å². The average molecular weight is 1360 g/mol. The second-order valence-corrected chi connectivity index (χ2v) is 25.5. The number of nitrogens with one attached hydrogen (secondary N) is 8. The van der Waals surface area contributed by atoms with Gasteiger partial charge in [-0.25, -0.2) is 0 Å². The summed E-state index contributed by atoms with van der Waals surface area (Å²) in [6, 6.07) is 4.23. The van der Waals surface area contributed by atoms with Gasteiger partial charge in [0.1, 0.15) is 54.4 Å². The number of hydrogen-bond donors (Lipinski definition) is 15. The number of aliphatic carboxylic acids is 1. The first-order valence-electron chi connectivity index (χ1n) is 32.5. The Kier molecular flexibility index (Phi) is 34.1. The maximum absolute atomic E-state index is 14.8. The van der Waals surface area contributed by atoms with Crippen LogP contribution >= 0.6 is 11.8 Å². The lowest BCUT2D eigenvalue weighted by Gasteiger charge is -2.32. The fraction of sp³-hybridized carbons (Fsp3) is 0.594. The first-order chi connectivity index (χ1) is 45.6. The topological polar surface area (TPSA) is 513 Å². The Hall–Kier alpha value is -8.91. The largest absolute Gasteiger partial charge is 0.481 e. The molecule has 32 heteroatoms. The standard InChI is InChI=1S/C64H99N17O14S/c1-37(2)34-46(57(89)74-42(54(68)86)28-33-96-4)73-51(83)36-72-61(93)53(38(3)40-18-9-6-10-19-40)79-58(90)47(35-39-16-7-5-8-17-39)78-56(88)43(24-26-50(67)82)75-55(87)44(25-27-52(84)85)76-59(91)49-23-15-32-81(49)63(95)45(21-11-12-29-65)77-60(92)48-22-14-31-80(48)62(94)41(66)20-13-30-71-64(69)70/h5-10,16-19,37-38,41-49,53H,11-15,20-36,65-66H2,1-4H3,(H2,67,82)(H2,68,86)(H,72,93)(H,73,83)(H,74,89)(H,75,87)(H,76,91)(H,77,92)(H,78,88)(H,79,90)(H,84,85)(H4,69,70,71)/t38-,41+,42+,43+,44+,45+,46+,47+,48+,49+,53+/m1/s1. The van der Waals surface area contributed by atoms with Crippen LogP contribution in [0.25, 0.3) is 0 Å². The highest BCUT2D eigenvalue weighted by Crippen LogP contribution is 2.24. The van der Waals surface area contributed by atoms with E-state index in [0.29, 0.717) is 55.4 Å². The number of hydrogen-bond acceptors (Lipinski definition) is 17. The van der Waals surface area contributed by atoms with Crippen molar-refractivity contribution in [2.45, 2.75) is 190 Å². The molecule has 4 rings (SSSR count). The van der Waals surface area contributed by atoms with Crippen LogP contribution < -0.4 is 76.9 Å². The van der Waals surface area contributed by atoms with Crippen molar-refractivity contribution in [1.82, 2.24) is 52.3 Å². The molecule has 2 aliphatic heterocycles. The van der Waals surface area contributed by atoms with Gasteiger partial charge < -0.3 is 91.8 Å². The Labute approximate surface area is 563 Å². The molecule has 0 spiro atoms. The van der Waals surface area contributed by atoms with E-state index in [1.54, 1.807) is 67.6 Å². The first-order valence-corrected chi connectivity index (χ1v) is 33.9. The van der Waals surface area contributed by atoms with Gasteiger partial charge in [0.05, 0.1) is 12.6 Å². The first kappa shape index (κ1) is 79.5. The third-order valence-electron chi connectivity index (χ3n) is 16.5. The van der Waals surface area contributed by atoms with Gasteiger partial charge in [0, 0.05) is 44.8 Å². The van der Waals surface area contributed by atoms with E-state index < -0.39 is 175 Å². The Balaban J connectivity index is 1.58. The highest BCUT2D eigenvalue weighted by molar-refractivity contribution is 7.98. The molecule has 2 fully saturated rings. The van der Waals surface area contributed by atoms with Crippen molar-refractivity contribution < 1.29 is 67.4 Å². The molecule has 12 amide bonds. The number of thioether (sulfide) groups is 1. The number of carbonyl (C=O) groups excluding carboxylic acids is 12. The molecule has 2 saturated heterocycles. The summed E-state index contributed by atoms with van der Waals surface area (Å²) in [5.74, 6) is -11.3. The van der Waals surface area contributed by atoms with Crippen LogP contribution in [0.3, 0.4) is 0 Å². The third-order valence-corrected chi connectivity index (χ3v) is 17.1. The fourth-order valence-corrected chi connectivity index (χ4v) is 11.8. The van der Waals surface area contributed by atoms with Crippen molar-refractivity contribution >= 4 is 94.6 Å². The van der Waals surface area contributed by atoms with Crippen LogP contribution in [0, 0.1) is 5.92 Å². The number of carbonyl (C=O) groups is 13. The zero-order valence-corrected chi connectivity index (χ0v) is 56.0. The maximum atomic E-state index is 14.8. The maximum Gasteiger partial charge on any atom is 0.303 e. The zero-order chi connectivity index (χ0) is 71.0. The molecule has 2 aromatic rings. The molecule has 0 unspecified atom stereocenters. The summed E-state index contributed by atoms with van der Waals surface area (Å²) in [6.45, 7) is 5.45. The number of amides is 12. The second-order valence-electron chi connectivity index (χ2n) is 24.5. The van der Waals surface area contributed by atoms with Crippen molar-refractivity contribution in [2.24, 2.45) is 45.3 Å². The smallest absolute Gasteiger partial charge is 0.303 e. The molecule has 0 radical (unpaired) electrons. The lowest BCUT2D eigenvalue weighted by molar-refractivity contribution is -0.144. The minimum atomic E-state index is -1.68. The second kappa shape index (κ2) is 41.1. The number of nitrogens with zero attached hydrogens (tertiary/aromatic N) is 3. The van der Waals surface area contributed by atoms with Crippen LogP contribution in [-0.2, 0) is 68.7 Å². The molecule has 0 saturated carbocycles. The van der Waals surface area contributed by atoms with Gasteiger partial charge in [-0.05, 0) is 119 Å². The van der Waals surface area contributed by atoms with E-state index in [4.69, 9.17) is 34.4 Å². The third kappa shape index (κ3) is 26.7. The Bertz CT molecular complexity index is 3000. The number of unbranched alkanes of at least 4 members (excludes halogenated alkanes) is 1. The molecule has 96 heavy (non-hydrogen) atoms. The van der Waals surface area contributed by atoms with Crippen molar-refractivity contribution in [2.75, 3.05) is 44.7 Å². The van der Waals surface area contributed by atoms with Gasteiger partial charge in [-0.15, -0.1) is 0 Å². The summed E-state index contributed by atoms with van der Waals surface area (Å²) in [6.07, 6.45) is 2.69. The number of likely N-dealkylation sites (tertiary alicyclic amines) is 2. The number of nitrogens with two attached hydrogens (primary N) is 6. The van der Waals surface area contributed by atoms with Gasteiger partial charge in [0.2, 0.25) is 70.9 Å².